The van der Waals surface area contributed by atoms with Gasteiger partial charge in [0.05, 0.1) is 0 Å². The first-order chi connectivity index (χ1) is 7.84. The predicted molar refractivity (Wildman–Crippen MR) is 61.8 cm³/mol. The van der Waals surface area contributed by atoms with Crippen LogP contribution >= 0.6 is 0 Å². The summed E-state index contributed by atoms with van der Waals surface area (Å²) in [6.45, 7) is 0.826. The summed E-state index contributed by atoms with van der Waals surface area (Å²) >= 11 is 0. The molecule has 0 spiro atoms. The van der Waals surface area contributed by atoms with Crippen molar-refractivity contribution in [1.82, 2.24) is 14.8 Å². The van der Waals surface area contributed by atoms with Gasteiger partial charge < -0.3 is 10.3 Å². The van der Waals surface area contributed by atoms with Crippen LogP contribution in [0, 0.1) is 0 Å². The summed E-state index contributed by atoms with van der Waals surface area (Å²) in [7, 11) is 0. The van der Waals surface area contributed by atoms with E-state index in [4.69, 9.17) is 5.73 Å². The van der Waals surface area contributed by atoms with Gasteiger partial charge in [0.15, 0.2) is 5.82 Å². The highest BCUT2D eigenvalue weighted by molar-refractivity contribution is 5.55. The number of nitrogens with two attached hydrogens (primary N) is 1. The van der Waals surface area contributed by atoms with E-state index in [1.165, 1.54) is 0 Å². The number of aryl methyl sites for hydroxylation is 1. The third-order valence-corrected chi connectivity index (χ3v) is 3.02. The van der Waals surface area contributed by atoms with Crippen molar-refractivity contribution < 1.29 is 0 Å². The van der Waals surface area contributed by atoms with Crippen molar-refractivity contribution in [3.8, 4) is 11.4 Å². The van der Waals surface area contributed by atoms with Crippen molar-refractivity contribution in [1.29, 1.82) is 0 Å². The molecule has 0 amide bonds. The molecule has 1 aromatic carbocycles. The normalized spacial score (nSPS) is 19.4. The van der Waals surface area contributed by atoms with E-state index in [9.17, 15) is 0 Å². The summed E-state index contributed by atoms with van der Waals surface area (Å²) in [4.78, 5) is 0. The van der Waals surface area contributed by atoms with Crippen molar-refractivity contribution in [3.63, 3.8) is 0 Å². The Labute approximate surface area is 94.1 Å². The lowest BCUT2D eigenvalue weighted by atomic mass is 10.1. The first-order valence-corrected chi connectivity index (χ1v) is 5.57. The SMILES string of the molecule is N[C@H]1CCc2nnc(-c3ccccc3)n2C1. The third-order valence-electron chi connectivity index (χ3n) is 3.02. The fourth-order valence-corrected chi connectivity index (χ4v) is 2.15. The molecule has 0 fully saturated rings. The largest absolute Gasteiger partial charge is 0.326 e. The first kappa shape index (κ1) is 9.54. The molecule has 3 rings (SSSR count). The summed E-state index contributed by atoms with van der Waals surface area (Å²) in [5.74, 6) is 1.99. The van der Waals surface area contributed by atoms with Gasteiger partial charge in [0.1, 0.15) is 5.82 Å². The zero-order chi connectivity index (χ0) is 11.0. The Morgan fingerprint density at radius 3 is 2.81 bits per heavy atom. The molecule has 0 unspecified atom stereocenters. The van der Waals surface area contributed by atoms with Gasteiger partial charge in [-0.3, -0.25) is 0 Å². The van der Waals surface area contributed by atoms with Gasteiger partial charge in [-0.2, -0.15) is 0 Å². The molecular weight excluding hydrogens is 200 g/mol. The Hall–Kier alpha value is -1.68. The third kappa shape index (κ3) is 1.51. The topological polar surface area (TPSA) is 56.7 Å². The molecule has 0 bridgehead atoms. The van der Waals surface area contributed by atoms with E-state index in [0.717, 1.165) is 36.6 Å². The average Bonchev–Trinajstić information content (AvgIpc) is 2.73. The Morgan fingerprint density at radius 2 is 2.00 bits per heavy atom. The van der Waals surface area contributed by atoms with Gasteiger partial charge in [-0.05, 0) is 6.42 Å². The van der Waals surface area contributed by atoms with Crippen LogP contribution in [0.5, 0.6) is 0 Å². The van der Waals surface area contributed by atoms with Gasteiger partial charge in [0, 0.05) is 24.6 Å². The van der Waals surface area contributed by atoms with Crippen LogP contribution in [0.4, 0.5) is 0 Å². The number of hydrogen-bond acceptors (Lipinski definition) is 3. The van der Waals surface area contributed by atoms with Crippen molar-refractivity contribution in [2.75, 3.05) is 0 Å². The van der Waals surface area contributed by atoms with Crippen LogP contribution in [0.15, 0.2) is 30.3 Å². The van der Waals surface area contributed by atoms with E-state index in [0.29, 0.717) is 0 Å². The lowest BCUT2D eigenvalue weighted by molar-refractivity contribution is 0.456. The van der Waals surface area contributed by atoms with Gasteiger partial charge in [-0.25, -0.2) is 0 Å². The van der Waals surface area contributed by atoms with Crippen LogP contribution in [0.25, 0.3) is 11.4 Å². The van der Waals surface area contributed by atoms with Crippen LogP contribution in [0.1, 0.15) is 12.2 Å². The van der Waals surface area contributed by atoms with E-state index in [1.54, 1.807) is 0 Å². The molecule has 0 aliphatic carbocycles. The molecule has 4 heteroatoms. The highest BCUT2D eigenvalue weighted by Crippen LogP contribution is 2.21. The van der Waals surface area contributed by atoms with Gasteiger partial charge in [-0.15, -0.1) is 10.2 Å². The molecule has 16 heavy (non-hydrogen) atoms. The van der Waals surface area contributed by atoms with Gasteiger partial charge in [0.2, 0.25) is 0 Å². The fraction of sp³-hybridized carbons (Fsp3) is 0.333. The molecule has 4 nitrogen and oxygen atoms in total. The van der Waals surface area contributed by atoms with Gasteiger partial charge >= 0.3 is 0 Å². The van der Waals surface area contributed by atoms with Gasteiger partial charge in [-0.1, -0.05) is 30.3 Å². The molecular formula is C12H14N4. The minimum Gasteiger partial charge on any atom is -0.326 e. The summed E-state index contributed by atoms with van der Waals surface area (Å²) in [5.41, 5.74) is 7.09. The van der Waals surface area contributed by atoms with Crippen LogP contribution in [-0.4, -0.2) is 20.8 Å². The number of rotatable bonds is 1. The molecule has 82 valence electrons. The molecule has 0 saturated heterocycles. The fourth-order valence-electron chi connectivity index (χ4n) is 2.15. The highest BCUT2D eigenvalue weighted by Gasteiger charge is 2.20. The molecule has 2 heterocycles. The quantitative estimate of drug-likeness (QED) is 0.776. The molecule has 2 aromatic rings. The summed E-state index contributed by atoms with van der Waals surface area (Å²) in [6.07, 6.45) is 1.94. The molecule has 0 saturated carbocycles. The average molecular weight is 214 g/mol. The van der Waals surface area contributed by atoms with Crippen LogP contribution in [0.2, 0.25) is 0 Å². The summed E-state index contributed by atoms with van der Waals surface area (Å²) in [6, 6.07) is 10.4. The zero-order valence-corrected chi connectivity index (χ0v) is 9.00. The number of hydrogen-bond donors (Lipinski definition) is 1. The Kier molecular flexibility index (Phi) is 2.22. The van der Waals surface area contributed by atoms with E-state index >= 15 is 0 Å². The highest BCUT2D eigenvalue weighted by atomic mass is 15.3. The standard InChI is InChI=1S/C12H14N4/c13-10-6-7-11-14-15-12(16(11)8-10)9-4-2-1-3-5-9/h1-5,10H,6-8,13H2/t10-/m0/s1. The maximum atomic E-state index is 5.98. The van der Waals surface area contributed by atoms with Crippen LogP contribution < -0.4 is 5.73 Å². The van der Waals surface area contributed by atoms with E-state index in [2.05, 4.69) is 26.9 Å². The maximum absolute atomic E-state index is 5.98. The Bertz CT molecular complexity index is 489. The minimum absolute atomic E-state index is 0.228. The second kappa shape index (κ2) is 3.72. The van der Waals surface area contributed by atoms with E-state index in [1.807, 2.05) is 18.2 Å². The van der Waals surface area contributed by atoms with Crippen LogP contribution in [-0.2, 0) is 13.0 Å². The molecule has 1 aliphatic heterocycles. The lowest BCUT2D eigenvalue weighted by Gasteiger charge is -2.20. The Balaban J connectivity index is 2.07. The molecule has 1 aliphatic rings. The predicted octanol–water partition coefficient (Wildman–Crippen LogP) is 1.22. The van der Waals surface area contributed by atoms with E-state index < -0.39 is 0 Å². The number of fused-ring (bicyclic) bond motifs is 1. The second-order valence-electron chi connectivity index (χ2n) is 4.22. The molecule has 1 aromatic heterocycles. The number of aromatic nitrogens is 3. The van der Waals surface area contributed by atoms with Crippen molar-refractivity contribution in [3.05, 3.63) is 36.2 Å². The van der Waals surface area contributed by atoms with Crippen molar-refractivity contribution >= 4 is 0 Å². The van der Waals surface area contributed by atoms with E-state index in [-0.39, 0.29) is 6.04 Å². The first-order valence-electron chi connectivity index (χ1n) is 5.57. The molecule has 2 N–H and O–H groups in total. The Morgan fingerprint density at radius 1 is 1.19 bits per heavy atom. The number of nitrogens with zero attached hydrogens (tertiary/aromatic N) is 3. The summed E-state index contributed by atoms with van der Waals surface area (Å²) < 4.78 is 2.14. The van der Waals surface area contributed by atoms with Gasteiger partial charge in [0.25, 0.3) is 0 Å². The smallest absolute Gasteiger partial charge is 0.164 e. The lowest BCUT2D eigenvalue weighted by Crippen LogP contribution is -2.32. The summed E-state index contributed by atoms with van der Waals surface area (Å²) in [5, 5.41) is 8.48. The molecule has 0 radical (unpaired) electrons. The molecule has 1 atom stereocenters. The monoisotopic (exact) mass is 214 g/mol. The zero-order valence-electron chi connectivity index (χ0n) is 9.00. The van der Waals surface area contributed by atoms with Crippen molar-refractivity contribution in [2.45, 2.75) is 25.4 Å². The maximum Gasteiger partial charge on any atom is 0.164 e. The van der Waals surface area contributed by atoms with Crippen LogP contribution in [0.3, 0.4) is 0 Å². The second-order valence-corrected chi connectivity index (χ2v) is 4.22. The van der Waals surface area contributed by atoms with Crippen molar-refractivity contribution in [2.24, 2.45) is 5.73 Å². The number of benzene rings is 1. The minimum atomic E-state index is 0.228.